The van der Waals surface area contributed by atoms with Crippen LogP contribution < -0.4 is 0 Å². The Morgan fingerprint density at radius 3 is 3.00 bits per heavy atom. The van der Waals surface area contributed by atoms with Crippen molar-refractivity contribution in [3.05, 3.63) is 64.3 Å². The first-order chi connectivity index (χ1) is 14.1. The van der Waals surface area contributed by atoms with Gasteiger partial charge in [-0.05, 0) is 43.7 Å². The number of H-pyrrole nitrogens is 1. The minimum atomic E-state index is -0.828. The third kappa shape index (κ3) is 3.41. The summed E-state index contributed by atoms with van der Waals surface area (Å²) < 4.78 is 1.18. The van der Waals surface area contributed by atoms with Crippen molar-refractivity contribution in [2.75, 3.05) is 13.1 Å². The van der Waals surface area contributed by atoms with E-state index in [2.05, 4.69) is 16.0 Å². The minimum Gasteiger partial charge on any atom is -0.480 e. The summed E-state index contributed by atoms with van der Waals surface area (Å²) in [7, 11) is 0. The quantitative estimate of drug-likeness (QED) is 0.457. The highest BCUT2D eigenvalue weighted by Crippen LogP contribution is 2.37. The molecule has 0 saturated carbocycles. The van der Waals surface area contributed by atoms with Gasteiger partial charge >= 0.3 is 5.97 Å². The first-order valence-electron chi connectivity index (χ1n) is 9.69. The number of likely N-dealkylation sites (tertiary alicyclic amines) is 1. The van der Waals surface area contributed by atoms with E-state index in [9.17, 15) is 9.90 Å². The van der Waals surface area contributed by atoms with Crippen LogP contribution in [0.3, 0.4) is 0 Å². The number of benzene rings is 2. The largest absolute Gasteiger partial charge is 0.480 e. The SMILES string of the molecule is O=C(O)C(c1c[nH]c2cc(Cl)ccc12)N1CCCC(c2nc3ccccc3s2)C1. The number of rotatable bonds is 4. The molecule has 2 N–H and O–H groups in total. The summed E-state index contributed by atoms with van der Waals surface area (Å²) in [6.45, 7) is 1.45. The topological polar surface area (TPSA) is 69.2 Å². The Hall–Kier alpha value is -2.41. The molecule has 148 valence electrons. The monoisotopic (exact) mass is 425 g/mol. The number of carboxylic acids is 1. The molecule has 4 aromatic rings. The second-order valence-electron chi connectivity index (χ2n) is 7.53. The predicted octanol–water partition coefficient (Wildman–Crippen LogP) is 5.44. The van der Waals surface area contributed by atoms with Crippen LogP contribution in [0, 0.1) is 0 Å². The van der Waals surface area contributed by atoms with E-state index in [0.717, 1.165) is 46.4 Å². The zero-order valence-corrected chi connectivity index (χ0v) is 17.2. The van der Waals surface area contributed by atoms with Crippen molar-refractivity contribution in [2.24, 2.45) is 0 Å². The summed E-state index contributed by atoms with van der Waals surface area (Å²) in [5.74, 6) is -0.576. The van der Waals surface area contributed by atoms with E-state index >= 15 is 0 Å². The maximum Gasteiger partial charge on any atom is 0.325 e. The van der Waals surface area contributed by atoms with Gasteiger partial charge in [0.2, 0.25) is 0 Å². The molecule has 0 aliphatic carbocycles. The fourth-order valence-corrected chi connectivity index (χ4v) is 5.61. The lowest BCUT2D eigenvalue weighted by atomic mass is 9.95. The maximum absolute atomic E-state index is 12.3. The molecule has 1 aliphatic rings. The van der Waals surface area contributed by atoms with Gasteiger partial charge < -0.3 is 10.1 Å². The fraction of sp³-hybridized carbons (Fsp3) is 0.273. The molecule has 5 rings (SSSR count). The number of thiazole rings is 1. The zero-order valence-electron chi connectivity index (χ0n) is 15.6. The highest BCUT2D eigenvalue weighted by molar-refractivity contribution is 7.18. The van der Waals surface area contributed by atoms with Gasteiger partial charge in [0.15, 0.2) is 0 Å². The molecule has 0 spiro atoms. The van der Waals surface area contributed by atoms with Crippen LogP contribution >= 0.6 is 22.9 Å². The molecule has 29 heavy (non-hydrogen) atoms. The maximum atomic E-state index is 12.3. The second-order valence-corrected chi connectivity index (χ2v) is 9.03. The standard InChI is InChI=1S/C22H20ClN3O2S/c23-14-7-8-15-16(11-24-18(15)10-14)20(22(27)28)26-9-3-4-13(12-26)21-25-17-5-1-2-6-19(17)29-21/h1-2,5-8,10-11,13,20,24H,3-4,9,12H2,(H,27,28). The Kier molecular flexibility index (Phi) is 4.78. The van der Waals surface area contributed by atoms with E-state index in [1.165, 1.54) is 4.70 Å². The second kappa shape index (κ2) is 7.44. The van der Waals surface area contributed by atoms with Crippen LogP contribution in [0.15, 0.2) is 48.7 Å². The Morgan fingerprint density at radius 1 is 1.31 bits per heavy atom. The molecule has 2 atom stereocenters. The highest BCUT2D eigenvalue weighted by atomic mass is 35.5. The summed E-state index contributed by atoms with van der Waals surface area (Å²) in [4.78, 5) is 22.4. The van der Waals surface area contributed by atoms with Crippen molar-refractivity contribution >= 4 is 50.0 Å². The van der Waals surface area contributed by atoms with E-state index in [1.807, 2.05) is 30.3 Å². The molecule has 0 amide bonds. The van der Waals surface area contributed by atoms with Crippen molar-refractivity contribution < 1.29 is 9.90 Å². The van der Waals surface area contributed by atoms with E-state index in [4.69, 9.17) is 16.6 Å². The Labute approximate surface area is 176 Å². The Balaban J connectivity index is 1.47. The van der Waals surface area contributed by atoms with E-state index in [0.29, 0.717) is 11.6 Å². The van der Waals surface area contributed by atoms with Crippen molar-refractivity contribution in [2.45, 2.75) is 24.8 Å². The molecule has 1 aliphatic heterocycles. The van der Waals surface area contributed by atoms with Gasteiger partial charge in [-0.25, -0.2) is 4.98 Å². The lowest BCUT2D eigenvalue weighted by Gasteiger charge is -2.35. The molecule has 1 saturated heterocycles. The van der Waals surface area contributed by atoms with Gasteiger partial charge in [-0.1, -0.05) is 29.8 Å². The van der Waals surface area contributed by atoms with E-state index < -0.39 is 12.0 Å². The molecular weight excluding hydrogens is 406 g/mol. The van der Waals surface area contributed by atoms with Crippen LogP contribution in [0.2, 0.25) is 5.02 Å². The van der Waals surface area contributed by atoms with Crippen LogP contribution in [-0.2, 0) is 4.79 Å². The van der Waals surface area contributed by atoms with Gasteiger partial charge in [0, 0.05) is 40.1 Å². The van der Waals surface area contributed by atoms with Crippen molar-refractivity contribution in [3.8, 4) is 0 Å². The molecule has 7 heteroatoms. The van der Waals surface area contributed by atoms with E-state index in [-0.39, 0.29) is 5.92 Å². The van der Waals surface area contributed by atoms with Gasteiger partial charge in [-0.2, -0.15) is 0 Å². The van der Waals surface area contributed by atoms with Crippen LogP contribution in [0.1, 0.15) is 35.4 Å². The molecule has 2 aromatic heterocycles. The highest BCUT2D eigenvalue weighted by Gasteiger charge is 2.34. The number of nitrogens with one attached hydrogen (secondary N) is 1. The molecule has 0 radical (unpaired) electrons. The van der Waals surface area contributed by atoms with Gasteiger partial charge in [0.25, 0.3) is 0 Å². The van der Waals surface area contributed by atoms with E-state index in [1.54, 1.807) is 23.6 Å². The summed E-state index contributed by atoms with van der Waals surface area (Å²) >= 11 is 7.81. The molecule has 0 bridgehead atoms. The summed E-state index contributed by atoms with van der Waals surface area (Å²) in [6, 6.07) is 13.0. The number of fused-ring (bicyclic) bond motifs is 2. The summed E-state index contributed by atoms with van der Waals surface area (Å²) in [6.07, 6.45) is 3.80. The Bertz CT molecular complexity index is 1170. The van der Waals surface area contributed by atoms with Crippen molar-refractivity contribution in [3.63, 3.8) is 0 Å². The van der Waals surface area contributed by atoms with Gasteiger partial charge in [0.1, 0.15) is 6.04 Å². The molecule has 3 heterocycles. The number of hydrogen-bond donors (Lipinski definition) is 2. The number of aliphatic carboxylic acids is 1. The normalized spacial score (nSPS) is 19.0. The van der Waals surface area contributed by atoms with Crippen molar-refractivity contribution in [1.29, 1.82) is 0 Å². The van der Waals surface area contributed by atoms with Crippen LogP contribution in [-0.4, -0.2) is 39.0 Å². The first-order valence-corrected chi connectivity index (χ1v) is 10.9. The van der Waals surface area contributed by atoms with Crippen LogP contribution in [0.5, 0.6) is 0 Å². The van der Waals surface area contributed by atoms with Crippen LogP contribution in [0.25, 0.3) is 21.1 Å². The fourth-order valence-electron chi connectivity index (χ4n) is 4.34. The average Bonchev–Trinajstić information content (AvgIpc) is 3.32. The minimum absolute atomic E-state index is 0.252. The number of carboxylic acid groups (broad SMARTS) is 1. The number of aromatic amines is 1. The lowest BCUT2D eigenvalue weighted by molar-refractivity contribution is -0.144. The summed E-state index contributed by atoms with van der Waals surface area (Å²) in [5, 5.41) is 12.7. The van der Waals surface area contributed by atoms with Gasteiger partial charge in [-0.3, -0.25) is 9.69 Å². The molecule has 1 fully saturated rings. The Morgan fingerprint density at radius 2 is 2.17 bits per heavy atom. The zero-order chi connectivity index (χ0) is 20.0. The van der Waals surface area contributed by atoms with Gasteiger partial charge in [0.05, 0.1) is 15.2 Å². The number of aromatic nitrogens is 2. The predicted molar refractivity (Wildman–Crippen MR) is 117 cm³/mol. The smallest absolute Gasteiger partial charge is 0.325 e. The number of carbonyl (C=O) groups is 1. The van der Waals surface area contributed by atoms with Crippen molar-refractivity contribution in [1.82, 2.24) is 14.9 Å². The molecule has 5 nitrogen and oxygen atoms in total. The number of hydrogen-bond acceptors (Lipinski definition) is 4. The van der Waals surface area contributed by atoms with Crippen LogP contribution in [0.4, 0.5) is 0 Å². The third-order valence-electron chi connectivity index (χ3n) is 5.68. The number of halogens is 1. The lowest BCUT2D eigenvalue weighted by Crippen LogP contribution is -2.40. The number of piperidine rings is 1. The summed E-state index contributed by atoms with van der Waals surface area (Å²) in [5.41, 5.74) is 2.67. The molecular formula is C22H20ClN3O2S. The molecule has 2 aromatic carbocycles. The number of para-hydroxylation sites is 1. The third-order valence-corrected chi connectivity index (χ3v) is 7.12. The number of nitrogens with zero attached hydrogens (tertiary/aromatic N) is 2. The van der Waals surface area contributed by atoms with Gasteiger partial charge in [-0.15, -0.1) is 11.3 Å². The molecule has 2 unspecified atom stereocenters. The first kappa shape index (κ1) is 18.6. The average molecular weight is 426 g/mol.